The van der Waals surface area contributed by atoms with Gasteiger partial charge < -0.3 is 15.5 Å². The second-order valence-corrected chi connectivity index (χ2v) is 4.37. The highest BCUT2D eigenvalue weighted by atomic mass is 16.3. The minimum atomic E-state index is -0.216. The van der Waals surface area contributed by atoms with Crippen LogP contribution < -0.4 is 11.1 Å². The highest BCUT2D eigenvalue weighted by Gasteiger charge is 2.13. The highest BCUT2D eigenvalue weighted by molar-refractivity contribution is 6.06. The number of amides is 1. The SMILES string of the molecule is Cc1cc(C(=O)Nc2c(N)ccc(C)c2C)co1. The van der Waals surface area contributed by atoms with Gasteiger partial charge in [-0.25, -0.2) is 0 Å². The number of carbonyl (C=O) groups excluding carboxylic acids is 1. The van der Waals surface area contributed by atoms with Crippen LogP contribution in [-0.2, 0) is 0 Å². The van der Waals surface area contributed by atoms with Crippen LogP contribution in [0.3, 0.4) is 0 Å². The summed E-state index contributed by atoms with van der Waals surface area (Å²) in [4.78, 5) is 12.0. The van der Waals surface area contributed by atoms with Crippen LogP contribution in [0.4, 0.5) is 11.4 Å². The number of hydrogen-bond acceptors (Lipinski definition) is 3. The number of hydrogen-bond donors (Lipinski definition) is 2. The van der Waals surface area contributed by atoms with Crippen molar-refractivity contribution in [1.29, 1.82) is 0 Å². The fraction of sp³-hybridized carbons (Fsp3) is 0.214. The summed E-state index contributed by atoms with van der Waals surface area (Å²) in [5.41, 5.74) is 9.67. The van der Waals surface area contributed by atoms with Crippen LogP contribution in [0.5, 0.6) is 0 Å². The Bertz CT molecular complexity index is 600. The lowest BCUT2D eigenvalue weighted by Crippen LogP contribution is -2.13. The first-order valence-electron chi connectivity index (χ1n) is 5.71. The zero-order valence-electron chi connectivity index (χ0n) is 10.7. The van der Waals surface area contributed by atoms with E-state index in [2.05, 4.69) is 5.32 Å². The van der Waals surface area contributed by atoms with Crippen molar-refractivity contribution >= 4 is 17.3 Å². The zero-order valence-corrected chi connectivity index (χ0v) is 10.7. The van der Waals surface area contributed by atoms with Gasteiger partial charge in [0.25, 0.3) is 5.91 Å². The van der Waals surface area contributed by atoms with E-state index in [9.17, 15) is 4.79 Å². The van der Waals surface area contributed by atoms with Gasteiger partial charge in [-0.15, -0.1) is 0 Å². The van der Waals surface area contributed by atoms with Crippen molar-refractivity contribution < 1.29 is 9.21 Å². The standard InChI is InChI=1S/C14H16N2O2/c1-8-4-5-12(15)13(10(8)3)16-14(17)11-6-9(2)18-7-11/h4-7H,15H2,1-3H3,(H,16,17). The highest BCUT2D eigenvalue weighted by Crippen LogP contribution is 2.26. The van der Waals surface area contributed by atoms with Gasteiger partial charge >= 0.3 is 0 Å². The molecule has 0 bridgehead atoms. The van der Waals surface area contributed by atoms with Gasteiger partial charge in [-0.05, 0) is 44.0 Å². The maximum Gasteiger partial charge on any atom is 0.258 e. The lowest BCUT2D eigenvalue weighted by molar-refractivity contribution is 0.102. The Kier molecular flexibility index (Phi) is 3.10. The molecule has 0 aliphatic rings. The van der Waals surface area contributed by atoms with Gasteiger partial charge in [-0.1, -0.05) is 6.07 Å². The molecule has 94 valence electrons. The first-order chi connectivity index (χ1) is 8.49. The molecule has 0 spiro atoms. The molecule has 4 nitrogen and oxygen atoms in total. The lowest BCUT2D eigenvalue weighted by Gasteiger charge is -2.12. The average Bonchev–Trinajstić information content (AvgIpc) is 2.76. The minimum absolute atomic E-state index is 0.216. The van der Waals surface area contributed by atoms with E-state index < -0.39 is 0 Å². The molecule has 1 amide bonds. The molecule has 18 heavy (non-hydrogen) atoms. The Balaban J connectivity index is 2.30. The van der Waals surface area contributed by atoms with Crippen molar-refractivity contribution in [2.75, 3.05) is 11.1 Å². The Morgan fingerprint density at radius 2 is 2.00 bits per heavy atom. The first kappa shape index (κ1) is 12.2. The van der Waals surface area contributed by atoms with Crippen LogP contribution >= 0.6 is 0 Å². The zero-order chi connectivity index (χ0) is 13.3. The van der Waals surface area contributed by atoms with Gasteiger partial charge in [0.2, 0.25) is 0 Å². The van der Waals surface area contributed by atoms with Crippen LogP contribution in [0.15, 0.2) is 28.9 Å². The minimum Gasteiger partial charge on any atom is -0.469 e. The first-order valence-corrected chi connectivity index (χ1v) is 5.71. The average molecular weight is 244 g/mol. The molecule has 3 N–H and O–H groups in total. The van der Waals surface area contributed by atoms with E-state index in [4.69, 9.17) is 10.2 Å². The van der Waals surface area contributed by atoms with Gasteiger partial charge in [-0.3, -0.25) is 4.79 Å². The van der Waals surface area contributed by atoms with Crippen molar-refractivity contribution in [1.82, 2.24) is 0 Å². The number of nitrogens with two attached hydrogens (primary N) is 1. The number of anilines is 2. The summed E-state index contributed by atoms with van der Waals surface area (Å²) in [6.45, 7) is 5.71. The number of aryl methyl sites for hydroxylation is 2. The molecule has 0 aliphatic heterocycles. The van der Waals surface area contributed by atoms with E-state index in [1.54, 1.807) is 19.1 Å². The molecule has 0 saturated heterocycles. The Hall–Kier alpha value is -2.23. The van der Waals surface area contributed by atoms with Crippen LogP contribution in [-0.4, -0.2) is 5.91 Å². The Morgan fingerprint density at radius 3 is 2.61 bits per heavy atom. The van der Waals surface area contributed by atoms with Crippen molar-refractivity contribution in [3.8, 4) is 0 Å². The van der Waals surface area contributed by atoms with Gasteiger partial charge in [0.05, 0.1) is 16.9 Å². The van der Waals surface area contributed by atoms with E-state index >= 15 is 0 Å². The number of rotatable bonds is 2. The maximum absolute atomic E-state index is 12.0. The van der Waals surface area contributed by atoms with E-state index in [-0.39, 0.29) is 5.91 Å². The molecule has 0 unspecified atom stereocenters. The number of nitrogens with one attached hydrogen (secondary N) is 1. The van der Waals surface area contributed by atoms with Crippen molar-refractivity contribution in [3.63, 3.8) is 0 Å². The van der Waals surface area contributed by atoms with E-state index in [1.807, 2.05) is 19.9 Å². The topological polar surface area (TPSA) is 68.3 Å². The molecular formula is C14H16N2O2. The Labute approximate surface area is 106 Å². The van der Waals surface area contributed by atoms with Gasteiger partial charge in [0.15, 0.2) is 0 Å². The summed E-state index contributed by atoms with van der Waals surface area (Å²) < 4.78 is 5.12. The third-order valence-corrected chi connectivity index (χ3v) is 3.00. The number of benzene rings is 1. The number of nitrogen functional groups attached to an aromatic ring is 1. The summed E-state index contributed by atoms with van der Waals surface area (Å²) in [7, 11) is 0. The molecule has 2 aromatic rings. The maximum atomic E-state index is 12.0. The predicted molar refractivity (Wildman–Crippen MR) is 71.7 cm³/mol. The summed E-state index contributed by atoms with van der Waals surface area (Å²) in [6, 6.07) is 5.41. The molecule has 2 rings (SSSR count). The number of carbonyl (C=O) groups is 1. The molecule has 0 aliphatic carbocycles. The monoisotopic (exact) mass is 244 g/mol. The van der Waals surface area contributed by atoms with Crippen molar-refractivity contribution in [2.45, 2.75) is 20.8 Å². The van der Waals surface area contributed by atoms with Crippen molar-refractivity contribution in [2.24, 2.45) is 0 Å². The number of furan rings is 1. The normalized spacial score (nSPS) is 10.4. The smallest absolute Gasteiger partial charge is 0.258 e. The van der Waals surface area contributed by atoms with Crippen LogP contribution in [0.1, 0.15) is 27.2 Å². The molecule has 1 aromatic carbocycles. The predicted octanol–water partition coefficient (Wildman–Crippen LogP) is 3.04. The van der Waals surface area contributed by atoms with Crippen LogP contribution in [0.25, 0.3) is 0 Å². The summed E-state index contributed by atoms with van der Waals surface area (Å²) in [5.74, 6) is 0.487. The van der Waals surface area contributed by atoms with Gasteiger partial charge in [0.1, 0.15) is 12.0 Å². The molecule has 1 heterocycles. The van der Waals surface area contributed by atoms with Gasteiger partial charge in [-0.2, -0.15) is 0 Å². The third-order valence-electron chi connectivity index (χ3n) is 3.00. The quantitative estimate of drug-likeness (QED) is 0.798. The molecule has 4 heteroatoms. The second kappa shape index (κ2) is 4.56. The van der Waals surface area contributed by atoms with E-state index in [1.165, 1.54) is 6.26 Å². The van der Waals surface area contributed by atoms with E-state index in [0.29, 0.717) is 22.7 Å². The third kappa shape index (κ3) is 2.22. The largest absolute Gasteiger partial charge is 0.469 e. The van der Waals surface area contributed by atoms with E-state index in [0.717, 1.165) is 11.1 Å². The fourth-order valence-corrected chi connectivity index (χ4v) is 1.75. The summed E-state index contributed by atoms with van der Waals surface area (Å²) in [5, 5.41) is 2.82. The molecular weight excluding hydrogens is 228 g/mol. The molecule has 0 fully saturated rings. The van der Waals surface area contributed by atoms with Crippen LogP contribution in [0.2, 0.25) is 0 Å². The van der Waals surface area contributed by atoms with Crippen molar-refractivity contribution in [3.05, 3.63) is 46.9 Å². The summed E-state index contributed by atoms with van der Waals surface area (Å²) in [6.07, 6.45) is 1.44. The lowest BCUT2D eigenvalue weighted by atomic mass is 10.1. The molecule has 0 saturated carbocycles. The summed E-state index contributed by atoms with van der Waals surface area (Å²) >= 11 is 0. The molecule has 0 atom stereocenters. The second-order valence-electron chi connectivity index (χ2n) is 4.37. The van der Waals surface area contributed by atoms with Crippen LogP contribution in [0, 0.1) is 20.8 Å². The molecule has 1 aromatic heterocycles. The Morgan fingerprint density at radius 1 is 1.28 bits per heavy atom. The molecule has 0 radical (unpaired) electrons. The fourth-order valence-electron chi connectivity index (χ4n) is 1.75. The van der Waals surface area contributed by atoms with Gasteiger partial charge in [0, 0.05) is 0 Å².